The van der Waals surface area contributed by atoms with Gasteiger partial charge in [0.15, 0.2) is 11.6 Å². The number of carbonyl (C=O) groups excluding carboxylic acids is 2. The van der Waals surface area contributed by atoms with Crippen LogP contribution >= 0.6 is 0 Å². The number of Topliss-reactive ketones (excluding diaryl/α,β-unsaturated/α-hetero) is 2. The second-order valence-electron chi connectivity index (χ2n) is 7.77. The molecule has 0 bridgehead atoms. The van der Waals surface area contributed by atoms with Crippen molar-refractivity contribution in [3.05, 3.63) is 72.1 Å². The molecule has 0 radical (unpaired) electrons. The lowest BCUT2D eigenvalue weighted by Crippen LogP contribution is -1.99. The standard InChI is InChI=1S/C25H22N2O3/c1-26-14-18(16-7-2-4-9-20(16)26)24-22(29)13-23(30)25(24)19-15-27(11-6-12-28)21-10-5-3-8-17(19)21/h2-5,7-10,14-15,28H,6,11-13H2,1H3. The van der Waals surface area contributed by atoms with Gasteiger partial charge in [-0.15, -0.1) is 0 Å². The van der Waals surface area contributed by atoms with Crippen LogP contribution in [0.4, 0.5) is 0 Å². The van der Waals surface area contributed by atoms with Gasteiger partial charge in [-0.1, -0.05) is 36.4 Å². The van der Waals surface area contributed by atoms with Gasteiger partial charge in [0.1, 0.15) is 0 Å². The Labute approximate surface area is 173 Å². The zero-order valence-electron chi connectivity index (χ0n) is 16.8. The van der Waals surface area contributed by atoms with Crippen molar-refractivity contribution in [1.82, 2.24) is 9.13 Å². The van der Waals surface area contributed by atoms with Gasteiger partial charge in [-0.2, -0.15) is 0 Å². The molecule has 0 spiro atoms. The second-order valence-corrected chi connectivity index (χ2v) is 7.77. The first kappa shape index (κ1) is 18.6. The molecule has 150 valence electrons. The van der Waals surface area contributed by atoms with Gasteiger partial charge in [-0.3, -0.25) is 9.59 Å². The van der Waals surface area contributed by atoms with Crippen molar-refractivity contribution in [3.63, 3.8) is 0 Å². The molecule has 0 atom stereocenters. The second kappa shape index (κ2) is 7.11. The first-order valence-electron chi connectivity index (χ1n) is 10.1. The quantitative estimate of drug-likeness (QED) is 0.518. The van der Waals surface area contributed by atoms with Crippen molar-refractivity contribution >= 4 is 44.5 Å². The average Bonchev–Trinajstić information content (AvgIpc) is 3.37. The summed E-state index contributed by atoms with van der Waals surface area (Å²) in [5.74, 6) is -0.258. The summed E-state index contributed by atoms with van der Waals surface area (Å²) in [6.07, 6.45) is 4.43. The van der Waals surface area contributed by atoms with Crippen molar-refractivity contribution in [2.45, 2.75) is 19.4 Å². The fraction of sp³-hybridized carbons (Fsp3) is 0.200. The van der Waals surface area contributed by atoms with Gasteiger partial charge < -0.3 is 14.2 Å². The number of para-hydroxylation sites is 2. The molecule has 0 fully saturated rings. The summed E-state index contributed by atoms with van der Waals surface area (Å²) in [5, 5.41) is 11.2. The van der Waals surface area contributed by atoms with E-state index in [1.807, 2.05) is 72.5 Å². The maximum atomic E-state index is 13.0. The highest BCUT2D eigenvalue weighted by atomic mass is 16.3. The van der Waals surface area contributed by atoms with E-state index in [0.29, 0.717) is 24.1 Å². The van der Waals surface area contributed by atoms with Crippen molar-refractivity contribution < 1.29 is 14.7 Å². The molecule has 5 heteroatoms. The normalized spacial score (nSPS) is 14.6. The number of aromatic nitrogens is 2. The summed E-state index contributed by atoms with van der Waals surface area (Å²) >= 11 is 0. The van der Waals surface area contributed by atoms with Crippen LogP contribution in [0.5, 0.6) is 0 Å². The summed E-state index contributed by atoms with van der Waals surface area (Å²) in [6.45, 7) is 0.749. The third kappa shape index (κ3) is 2.74. The number of hydrogen-bond donors (Lipinski definition) is 1. The molecule has 30 heavy (non-hydrogen) atoms. The molecule has 0 unspecified atom stereocenters. The van der Waals surface area contributed by atoms with Crippen molar-refractivity contribution in [1.29, 1.82) is 0 Å². The number of nitrogens with zero attached hydrogens (tertiary/aromatic N) is 2. The number of aryl methyl sites for hydroxylation is 2. The first-order chi connectivity index (χ1) is 14.6. The summed E-state index contributed by atoms with van der Waals surface area (Å²) < 4.78 is 4.06. The van der Waals surface area contributed by atoms with Gasteiger partial charge >= 0.3 is 0 Å². The number of allylic oxidation sites excluding steroid dienone is 2. The molecule has 0 saturated heterocycles. The molecule has 4 aromatic rings. The Bertz CT molecular complexity index is 1350. The van der Waals surface area contributed by atoms with Crippen molar-refractivity contribution in [2.75, 3.05) is 6.61 Å². The highest BCUT2D eigenvalue weighted by Crippen LogP contribution is 2.41. The average molecular weight is 398 g/mol. The Morgan fingerprint density at radius 1 is 0.833 bits per heavy atom. The van der Waals surface area contributed by atoms with Crippen LogP contribution in [0.25, 0.3) is 33.0 Å². The minimum atomic E-state index is -0.131. The largest absolute Gasteiger partial charge is 0.396 e. The number of ketones is 2. The Balaban J connectivity index is 1.81. The molecule has 1 aliphatic carbocycles. The predicted octanol–water partition coefficient (Wildman–Crippen LogP) is 3.97. The van der Waals surface area contributed by atoms with E-state index in [9.17, 15) is 14.7 Å². The Morgan fingerprint density at radius 2 is 1.40 bits per heavy atom. The molecule has 0 aliphatic heterocycles. The molecule has 0 amide bonds. The van der Waals surface area contributed by atoms with E-state index in [2.05, 4.69) is 4.57 Å². The summed E-state index contributed by atoms with van der Waals surface area (Å²) in [4.78, 5) is 26.1. The van der Waals surface area contributed by atoms with Crippen LogP contribution in [-0.2, 0) is 23.2 Å². The summed E-state index contributed by atoms with van der Waals surface area (Å²) in [6, 6.07) is 15.8. The molecule has 0 saturated carbocycles. The Kier molecular flexibility index (Phi) is 4.40. The molecule has 5 rings (SSSR count). The third-order valence-corrected chi connectivity index (χ3v) is 5.91. The minimum absolute atomic E-state index is 0.0932. The monoisotopic (exact) mass is 398 g/mol. The Hall–Kier alpha value is -3.44. The lowest BCUT2D eigenvalue weighted by atomic mass is 9.95. The van der Waals surface area contributed by atoms with Crippen LogP contribution in [0.3, 0.4) is 0 Å². The molecular formula is C25H22N2O3. The van der Waals surface area contributed by atoms with Gasteiger partial charge in [-0.25, -0.2) is 0 Å². The zero-order valence-corrected chi connectivity index (χ0v) is 16.8. The number of carbonyl (C=O) groups is 2. The van der Waals surface area contributed by atoms with Gasteiger partial charge in [0.05, 0.1) is 6.42 Å². The van der Waals surface area contributed by atoms with Crippen LogP contribution in [-0.4, -0.2) is 32.4 Å². The minimum Gasteiger partial charge on any atom is -0.396 e. The molecule has 1 N–H and O–H groups in total. The van der Waals surface area contributed by atoms with Crippen LogP contribution in [0.15, 0.2) is 60.9 Å². The van der Waals surface area contributed by atoms with Gasteiger partial charge in [0, 0.05) is 76.7 Å². The van der Waals surface area contributed by atoms with Crippen molar-refractivity contribution in [2.24, 2.45) is 7.05 Å². The summed E-state index contributed by atoms with van der Waals surface area (Å²) in [5.41, 5.74) is 4.65. The molecule has 5 nitrogen and oxygen atoms in total. The number of hydrogen-bond acceptors (Lipinski definition) is 3. The fourth-order valence-electron chi connectivity index (χ4n) is 4.58. The topological polar surface area (TPSA) is 64.2 Å². The van der Waals surface area contributed by atoms with Crippen LogP contribution in [0.1, 0.15) is 24.0 Å². The molecule has 2 heterocycles. The smallest absolute Gasteiger partial charge is 0.172 e. The first-order valence-corrected chi connectivity index (χ1v) is 10.1. The van der Waals surface area contributed by atoms with E-state index in [0.717, 1.165) is 32.9 Å². The number of benzene rings is 2. The van der Waals surface area contributed by atoms with E-state index in [4.69, 9.17) is 0 Å². The van der Waals surface area contributed by atoms with Gasteiger partial charge in [0.2, 0.25) is 0 Å². The van der Waals surface area contributed by atoms with Gasteiger partial charge in [-0.05, 0) is 18.6 Å². The van der Waals surface area contributed by atoms with E-state index in [1.54, 1.807) is 0 Å². The van der Waals surface area contributed by atoms with E-state index in [-0.39, 0.29) is 24.6 Å². The van der Waals surface area contributed by atoms with Gasteiger partial charge in [0.25, 0.3) is 0 Å². The van der Waals surface area contributed by atoms with E-state index >= 15 is 0 Å². The highest BCUT2D eigenvalue weighted by Gasteiger charge is 2.35. The predicted molar refractivity (Wildman–Crippen MR) is 118 cm³/mol. The lowest BCUT2D eigenvalue weighted by Gasteiger charge is -2.04. The number of fused-ring (bicyclic) bond motifs is 2. The zero-order chi connectivity index (χ0) is 20.8. The van der Waals surface area contributed by atoms with Crippen molar-refractivity contribution in [3.8, 4) is 0 Å². The lowest BCUT2D eigenvalue weighted by molar-refractivity contribution is -0.119. The molecule has 2 aromatic heterocycles. The van der Waals surface area contributed by atoms with Crippen LogP contribution < -0.4 is 0 Å². The number of aliphatic hydroxyl groups excluding tert-OH is 1. The summed E-state index contributed by atoms with van der Waals surface area (Å²) in [7, 11) is 1.95. The highest BCUT2D eigenvalue weighted by molar-refractivity contribution is 6.52. The maximum Gasteiger partial charge on any atom is 0.172 e. The molecule has 2 aromatic carbocycles. The number of rotatable bonds is 5. The van der Waals surface area contributed by atoms with Crippen LogP contribution in [0.2, 0.25) is 0 Å². The number of aliphatic hydroxyl groups is 1. The third-order valence-electron chi connectivity index (χ3n) is 5.91. The van der Waals surface area contributed by atoms with E-state index in [1.165, 1.54) is 0 Å². The molecule has 1 aliphatic rings. The Morgan fingerprint density at radius 3 is 2.07 bits per heavy atom. The maximum absolute atomic E-state index is 13.0. The van der Waals surface area contributed by atoms with Crippen LogP contribution in [0, 0.1) is 0 Å². The SMILES string of the molecule is Cn1cc(C2=C(c3cn(CCCO)c4ccccc34)C(=O)CC2=O)c2ccccc21. The van der Waals surface area contributed by atoms with E-state index < -0.39 is 0 Å². The molecular weight excluding hydrogens is 376 g/mol. The fourth-order valence-corrected chi connectivity index (χ4v) is 4.58.